The van der Waals surface area contributed by atoms with E-state index in [1.165, 1.54) is 41.3 Å². The number of thiazole rings is 1. The molecule has 0 aliphatic heterocycles. The molecular formula is C21H33N5OS. The number of oxazole rings is 1. The van der Waals surface area contributed by atoms with Gasteiger partial charge in [-0.1, -0.05) is 20.8 Å². The average molecular weight is 404 g/mol. The second-order valence-electron chi connectivity index (χ2n) is 8.28. The van der Waals surface area contributed by atoms with Gasteiger partial charge in [0.1, 0.15) is 12.3 Å². The second-order valence-corrected chi connectivity index (χ2v) is 9.45. The molecule has 1 aliphatic rings. The molecule has 0 fully saturated rings. The third kappa shape index (κ3) is 5.80. The molecule has 2 N–H and O–H groups in total. The van der Waals surface area contributed by atoms with E-state index in [0.717, 1.165) is 37.7 Å². The third-order valence-corrected chi connectivity index (χ3v) is 5.98. The van der Waals surface area contributed by atoms with Crippen molar-refractivity contribution in [3.05, 3.63) is 33.4 Å². The van der Waals surface area contributed by atoms with E-state index >= 15 is 0 Å². The number of aryl methyl sites for hydroxylation is 3. The molecule has 1 aliphatic carbocycles. The summed E-state index contributed by atoms with van der Waals surface area (Å²) < 4.78 is 5.82. The lowest BCUT2D eigenvalue weighted by molar-refractivity contribution is 0.383. The number of fused-ring (bicyclic) bond motifs is 1. The molecule has 0 saturated heterocycles. The van der Waals surface area contributed by atoms with Crippen molar-refractivity contribution in [3.8, 4) is 0 Å². The summed E-state index contributed by atoms with van der Waals surface area (Å²) in [5.74, 6) is 2.34. The first kappa shape index (κ1) is 20.8. The van der Waals surface area contributed by atoms with Crippen LogP contribution < -0.4 is 10.6 Å². The fraction of sp³-hybridized carbons (Fsp3) is 0.667. The summed E-state index contributed by atoms with van der Waals surface area (Å²) in [5.41, 5.74) is 1.32. The Hall–Kier alpha value is -1.89. The molecule has 2 aromatic rings. The Morgan fingerprint density at radius 2 is 2.07 bits per heavy atom. The molecule has 7 heteroatoms. The highest BCUT2D eigenvalue weighted by molar-refractivity contribution is 7.11. The van der Waals surface area contributed by atoms with Gasteiger partial charge in [0, 0.05) is 29.8 Å². The number of guanidine groups is 1. The van der Waals surface area contributed by atoms with Gasteiger partial charge in [0.25, 0.3) is 0 Å². The molecule has 0 spiro atoms. The summed E-state index contributed by atoms with van der Waals surface area (Å²) in [5, 5.41) is 7.97. The first-order valence-corrected chi connectivity index (χ1v) is 11.2. The van der Waals surface area contributed by atoms with Crippen molar-refractivity contribution in [1.29, 1.82) is 0 Å². The van der Waals surface area contributed by atoms with E-state index in [-0.39, 0.29) is 5.41 Å². The highest BCUT2D eigenvalue weighted by atomic mass is 32.1. The summed E-state index contributed by atoms with van der Waals surface area (Å²) in [7, 11) is 0. The Morgan fingerprint density at radius 3 is 2.79 bits per heavy atom. The zero-order chi connectivity index (χ0) is 20.0. The minimum absolute atomic E-state index is 0.0350. The van der Waals surface area contributed by atoms with Gasteiger partial charge in [0.15, 0.2) is 5.96 Å². The Bertz CT molecular complexity index is 764. The van der Waals surface area contributed by atoms with Crippen LogP contribution in [0.4, 0.5) is 0 Å². The molecule has 2 heterocycles. The zero-order valence-electron chi connectivity index (χ0n) is 17.6. The van der Waals surface area contributed by atoms with E-state index in [2.05, 4.69) is 48.3 Å². The van der Waals surface area contributed by atoms with Crippen molar-refractivity contribution in [1.82, 2.24) is 20.6 Å². The quantitative estimate of drug-likeness (QED) is 0.415. The van der Waals surface area contributed by atoms with Gasteiger partial charge < -0.3 is 15.1 Å². The van der Waals surface area contributed by atoms with Gasteiger partial charge in [-0.2, -0.15) is 0 Å². The maximum absolute atomic E-state index is 5.82. The van der Waals surface area contributed by atoms with Gasteiger partial charge in [-0.05, 0) is 39.0 Å². The van der Waals surface area contributed by atoms with Crippen LogP contribution in [0.2, 0.25) is 0 Å². The Morgan fingerprint density at radius 1 is 1.25 bits per heavy atom. The fourth-order valence-electron chi connectivity index (χ4n) is 3.18. The van der Waals surface area contributed by atoms with E-state index < -0.39 is 0 Å². The molecule has 3 rings (SSSR count). The van der Waals surface area contributed by atoms with E-state index in [4.69, 9.17) is 9.40 Å². The summed E-state index contributed by atoms with van der Waals surface area (Å²) in [6.45, 7) is 10.5. The summed E-state index contributed by atoms with van der Waals surface area (Å²) in [6, 6.07) is 0. The Balaban J connectivity index is 1.46. The Labute approximate surface area is 172 Å². The predicted molar refractivity (Wildman–Crippen MR) is 115 cm³/mol. The molecule has 6 nitrogen and oxygen atoms in total. The normalized spacial score (nSPS) is 14.8. The predicted octanol–water partition coefficient (Wildman–Crippen LogP) is 4.00. The van der Waals surface area contributed by atoms with E-state index in [9.17, 15) is 0 Å². The van der Waals surface area contributed by atoms with Crippen LogP contribution >= 0.6 is 11.3 Å². The van der Waals surface area contributed by atoms with Gasteiger partial charge in [0.05, 0.1) is 16.9 Å². The molecule has 0 unspecified atom stereocenters. The maximum Gasteiger partial charge on any atom is 0.216 e. The lowest BCUT2D eigenvalue weighted by atomic mass is 9.94. The van der Waals surface area contributed by atoms with Crippen LogP contribution in [-0.2, 0) is 31.2 Å². The van der Waals surface area contributed by atoms with Crippen molar-refractivity contribution < 1.29 is 4.42 Å². The summed E-state index contributed by atoms with van der Waals surface area (Å²) >= 11 is 1.91. The van der Waals surface area contributed by atoms with Gasteiger partial charge in [-0.3, -0.25) is 0 Å². The first-order chi connectivity index (χ1) is 13.5. The van der Waals surface area contributed by atoms with E-state index in [0.29, 0.717) is 12.4 Å². The lowest BCUT2D eigenvalue weighted by Gasteiger charge is -2.13. The first-order valence-electron chi connectivity index (χ1n) is 10.4. The Kier molecular flexibility index (Phi) is 7.10. The van der Waals surface area contributed by atoms with Crippen LogP contribution in [0.3, 0.4) is 0 Å². The molecule has 28 heavy (non-hydrogen) atoms. The molecular weight excluding hydrogens is 370 g/mol. The smallest absolute Gasteiger partial charge is 0.216 e. The zero-order valence-corrected chi connectivity index (χ0v) is 18.4. The second kappa shape index (κ2) is 9.54. The molecule has 0 amide bonds. The number of hydrogen-bond acceptors (Lipinski definition) is 5. The number of hydrogen-bond donors (Lipinski definition) is 2. The van der Waals surface area contributed by atoms with Crippen molar-refractivity contribution in [2.45, 2.75) is 78.2 Å². The van der Waals surface area contributed by atoms with Gasteiger partial charge in [0.2, 0.25) is 5.89 Å². The van der Waals surface area contributed by atoms with E-state index in [1.54, 1.807) is 6.20 Å². The molecule has 0 bridgehead atoms. The van der Waals surface area contributed by atoms with Gasteiger partial charge >= 0.3 is 0 Å². The molecule has 0 saturated carbocycles. The molecule has 154 valence electrons. The minimum atomic E-state index is -0.0350. The van der Waals surface area contributed by atoms with Crippen molar-refractivity contribution in [3.63, 3.8) is 0 Å². The number of aliphatic imine (C=N–C) groups is 1. The molecule has 0 radical (unpaired) electrons. The number of nitrogens with one attached hydrogen (secondary N) is 2. The monoisotopic (exact) mass is 403 g/mol. The third-order valence-electron chi connectivity index (χ3n) is 4.76. The SMILES string of the molecule is CCNC(=NCc1ncc(C(C)(C)C)o1)NCCCc1nc2c(s1)CCCC2. The number of rotatable bonds is 7. The highest BCUT2D eigenvalue weighted by Crippen LogP contribution is 2.27. The van der Waals surface area contributed by atoms with Crippen LogP contribution in [-0.4, -0.2) is 29.0 Å². The van der Waals surface area contributed by atoms with Crippen LogP contribution in [0.1, 0.15) is 74.2 Å². The van der Waals surface area contributed by atoms with Gasteiger partial charge in [-0.25, -0.2) is 15.0 Å². The standard InChI is InChI=1S/C21H33N5OS/c1-5-22-20(25-14-18-24-13-17(27-18)21(2,3)4)23-12-8-11-19-26-15-9-6-7-10-16(15)28-19/h13H,5-12,14H2,1-4H3,(H2,22,23,25). The van der Waals surface area contributed by atoms with Crippen LogP contribution in [0, 0.1) is 0 Å². The van der Waals surface area contributed by atoms with Crippen molar-refractivity contribution in [2.75, 3.05) is 13.1 Å². The van der Waals surface area contributed by atoms with E-state index in [1.807, 2.05) is 11.3 Å². The topological polar surface area (TPSA) is 75.3 Å². The van der Waals surface area contributed by atoms with Crippen molar-refractivity contribution in [2.24, 2.45) is 4.99 Å². The number of nitrogens with zero attached hydrogens (tertiary/aromatic N) is 3. The van der Waals surface area contributed by atoms with Crippen LogP contribution in [0.25, 0.3) is 0 Å². The average Bonchev–Trinajstić information content (AvgIpc) is 3.29. The summed E-state index contributed by atoms with van der Waals surface area (Å²) in [6.07, 6.45) is 8.88. The summed E-state index contributed by atoms with van der Waals surface area (Å²) in [4.78, 5) is 15.3. The minimum Gasteiger partial charge on any atom is -0.443 e. The molecule has 0 atom stereocenters. The van der Waals surface area contributed by atoms with Crippen LogP contribution in [0.5, 0.6) is 0 Å². The van der Waals surface area contributed by atoms with Crippen molar-refractivity contribution >= 4 is 17.3 Å². The molecule has 0 aromatic carbocycles. The lowest BCUT2D eigenvalue weighted by Crippen LogP contribution is -2.37. The maximum atomic E-state index is 5.82. The van der Waals surface area contributed by atoms with Gasteiger partial charge in [-0.15, -0.1) is 11.3 Å². The largest absolute Gasteiger partial charge is 0.443 e. The van der Waals surface area contributed by atoms with Crippen LogP contribution in [0.15, 0.2) is 15.6 Å². The highest BCUT2D eigenvalue weighted by Gasteiger charge is 2.19. The fourth-order valence-corrected chi connectivity index (χ4v) is 4.38. The number of aromatic nitrogens is 2. The molecule has 2 aromatic heterocycles.